The van der Waals surface area contributed by atoms with Crippen molar-refractivity contribution in [3.8, 4) is 0 Å². The van der Waals surface area contributed by atoms with Gasteiger partial charge < -0.3 is 4.90 Å². The van der Waals surface area contributed by atoms with Crippen LogP contribution in [-0.4, -0.2) is 17.9 Å². The molecule has 3 fully saturated rings. The topological polar surface area (TPSA) is 20.3 Å². The molecule has 1 amide bonds. The van der Waals surface area contributed by atoms with Gasteiger partial charge in [0, 0.05) is 24.6 Å². The fourth-order valence-corrected chi connectivity index (χ4v) is 8.60. The van der Waals surface area contributed by atoms with Crippen LogP contribution in [0.3, 0.4) is 0 Å². The highest BCUT2D eigenvalue weighted by molar-refractivity contribution is 5.79. The first-order valence-electron chi connectivity index (χ1n) is 12.7. The van der Waals surface area contributed by atoms with Crippen LogP contribution in [0.5, 0.6) is 0 Å². The van der Waals surface area contributed by atoms with E-state index in [1.165, 1.54) is 57.1 Å². The van der Waals surface area contributed by atoms with Gasteiger partial charge in [-0.15, -0.1) is 0 Å². The Hall–Kier alpha value is -0.790. The third kappa shape index (κ3) is 3.41. The van der Waals surface area contributed by atoms with Crippen LogP contribution in [-0.2, 0) is 4.79 Å². The van der Waals surface area contributed by atoms with Crippen molar-refractivity contribution >= 4 is 5.91 Å². The van der Waals surface area contributed by atoms with Crippen molar-refractivity contribution in [3.05, 3.63) is 11.8 Å². The molecule has 2 saturated carbocycles. The van der Waals surface area contributed by atoms with E-state index in [0.29, 0.717) is 11.3 Å². The lowest BCUT2D eigenvalue weighted by molar-refractivity contribution is -0.136. The van der Waals surface area contributed by atoms with E-state index in [9.17, 15) is 4.79 Å². The molecule has 0 bridgehead atoms. The molecular weight excluding hydrogens is 354 g/mol. The number of nitrogens with zero attached hydrogens (tertiary/aromatic N) is 1. The number of amides is 1. The van der Waals surface area contributed by atoms with E-state index in [1.807, 2.05) is 11.9 Å². The molecule has 4 rings (SSSR count). The Kier molecular flexibility index (Phi) is 5.71. The van der Waals surface area contributed by atoms with Crippen molar-refractivity contribution in [1.82, 2.24) is 4.90 Å². The number of hydrogen-bond acceptors (Lipinski definition) is 1. The van der Waals surface area contributed by atoms with Crippen LogP contribution in [0.4, 0.5) is 0 Å². The lowest BCUT2D eigenvalue weighted by Gasteiger charge is -2.58. The second-order valence-electron chi connectivity index (χ2n) is 12.1. The van der Waals surface area contributed by atoms with Gasteiger partial charge in [0.15, 0.2) is 0 Å². The van der Waals surface area contributed by atoms with Gasteiger partial charge in [-0.3, -0.25) is 4.79 Å². The van der Waals surface area contributed by atoms with Gasteiger partial charge in [-0.25, -0.2) is 0 Å². The van der Waals surface area contributed by atoms with Gasteiger partial charge in [0.1, 0.15) is 0 Å². The molecule has 0 radical (unpaired) electrons. The smallest absolute Gasteiger partial charge is 0.226 e. The summed E-state index contributed by atoms with van der Waals surface area (Å²) in [5.41, 5.74) is 2.14. The monoisotopic (exact) mass is 399 g/mol. The number of rotatable bonds is 5. The van der Waals surface area contributed by atoms with E-state index in [0.717, 1.165) is 48.3 Å². The van der Waals surface area contributed by atoms with Crippen LogP contribution < -0.4 is 0 Å². The molecule has 0 aromatic carbocycles. The maximum atomic E-state index is 12.3. The van der Waals surface area contributed by atoms with Gasteiger partial charge in [-0.1, -0.05) is 60.0 Å². The van der Waals surface area contributed by atoms with Crippen LogP contribution in [0.15, 0.2) is 11.8 Å². The largest absolute Gasteiger partial charge is 0.319 e. The lowest BCUT2D eigenvalue weighted by Crippen LogP contribution is -2.53. The molecule has 0 aromatic heterocycles. The average molecular weight is 400 g/mol. The van der Waals surface area contributed by atoms with Gasteiger partial charge in [-0.05, 0) is 79.4 Å². The van der Waals surface area contributed by atoms with Gasteiger partial charge in [0.05, 0.1) is 0 Å². The summed E-state index contributed by atoms with van der Waals surface area (Å²) >= 11 is 0. The Morgan fingerprint density at radius 1 is 1.07 bits per heavy atom. The van der Waals surface area contributed by atoms with E-state index >= 15 is 0 Å². The number of hydrogen-bond donors (Lipinski definition) is 0. The summed E-state index contributed by atoms with van der Waals surface area (Å²) in [6.07, 6.45) is 15.4. The second-order valence-corrected chi connectivity index (χ2v) is 12.1. The van der Waals surface area contributed by atoms with Gasteiger partial charge in [0.25, 0.3) is 0 Å². The maximum Gasteiger partial charge on any atom is 0.226 e. The Labute approximate surface area is 179 Å². The Morgan fingerprint density at radius 2 is 1.83 bits per heavy atom. The number of allylic oxidation sites excluding steroid dienone is 2. The fraction of sp³-hybridized carbons (Fsp3) is 0.889. The zero-order valence-electron chi connectivity index (χ0n) is 20.0. The summed E-state index contributed by atoms with van der Waals surface area (Å²) in [5.74, 6) is 5.50. The van der Waals surface area contributed by atoms with Crippen LogP contribution in [0, 0.1) is 46.3 Å². The molecule has 164 valence electrons. The molecule has 7 unspecified atom stereocenters. The summed E-state index contributed by atoms with van der Waals surface area (Å²) in [6.45, 7) is 12.4. The number of piperidine rings is 1. The first-order chi connectivity index (χ1) is 13.7. The Bertz CT molecular complexity index is 665. The van der Waals surface area contributed by atoms with Crippen molar-refractivity contribution < 1.29 is 4.79 Å². The zero-order valence-corrected chi connectivity index (χ0v) is 20.0. The minimum absolute atomic E-state index is 0.230. The summed E-state index contributed by atoms with van der Waals surface area (Å²) in [5, 5.41) is 0. The van der Waals surface area contributed by atoms with E-state index in [1.54, 1.807) is 0 Å². The van der Waals surface area contributed by atoms with Crippen LogP contribution >= 0.6 is 0 Å². The Morgan fingerprint density at radius 3 is 2.55 bits per heavy atom. The molecule has 0 aromatic rings. The van der Waals surface area contributed by atoms with E-state index < -0.39 is 0 Å². The third-order valence-corrected chi connectivity index (χ3v) is 10.2. The summed E-state index contributed by atoms with van der Waals surface area (Å²) in [6, 6.07) is 0. The van der Waals surface area contributed by atoms with Gasteiger partial charge in [-0.2, -0.15) is 0 Å². The lowest BCUT2D eigenvalue weighted by atomic mass is 9.48. The minimum atomic E-state index is 0.230. The van der Waals surface area contributed by atoms with Crippen LogP contribution in [0.1, 0.15) is 98.8 Å². The molecule has 7 atom stereocenters. The van der Waals surface area contributed by atoms with Crippen molar-refractivity contribution in [2.45, 2.75) is 98.8 Å². The molecule has 29 heavy (non-hydrogen) atoms. The molecule has 2 nitrogen and oxygen atoms in total. The van der Waals surface area contributed by atoms with Crippen molar-refractivity contribution in [1.29, 1.82) is 0 Å². The summed E-state index contributed by atoms with van der Waals surface area (Å²) in [7, 11) is 2.02. The van der Waals surface area contributed by atoms with Crippen LogP contribution in [0.2, 0.25) is 0 Å². The first-order valence-corrected chi connectivity index (χ1v) is 12.7. The predicted molar refractivity (Wildman–Crippen MR) is 121 cm³/mol. The maximum absolute atomic E-state index is 12.3. The SMILES string of the molecule is CC(C)CCCC(C)C1CCC2C3CC=C4N(C)C(=O)CCC4(C)C3CCC12C. The summed E-state index contributed by atoms with van der Waals surface area (Å²) in [4.78, 5) is 14.3. The molecule has 3 aliphatic carbocycles. The molecular formula is C27H45NO. The molecule has 1 saturated heterocycles. The van der Waals surface area contributed by atoms with Gasteiger partial charge in [0.2, 0.25) is 5.91 Å². The molecule has 4 aliphatic rings. The standard InChI is InChI=1S/C27H45NO/c1-18(2)8-7-9-19(3)21-11-12-22-20-10-13-24-27(5,17-15-25(29)28(24)6)23(20)14-16-26(21,22)4/h13,18-23H,7-12,14-17H2,1-6H3. The fourth-order valence-electron chi connectivity index (χ4n) is 8.60. The van der Waals surface area contributed by atoms with Crippen molar-refractivity contribution in [2.24, 2.45) is 46.3 Å². The Balaban J connectivity index is 1.52. The van der Waals surface area contributed by atoms with Crippen molar-refractivity contribution in [3.63, 3.8) is 0 Å². The second kappa shape index (κ2) is 7.72. The zero-order chi connectivity index (χ0) is 21.0. The first kappa shape index (κ1) is 21.4. The number of fused-ring (bicyclic) bond motifs is 5. The normalized spacial score (nSPS) is 42.9. The van der Waals surface area contributed by atoms with E-state index in [4.69, 9.17) is 0 Å². The van der Waals surface area contributed by atoms with E-state index in [2.05, 4.69) is 40.7 Å². The molecule has 1 aliphatic heterocycles. The number of likely N-dealkylation sites (tertiary alicyclic amines) is 1. The van der Waals surface area contributed by atoms with Crippen LogP contribution in [0.25, 0.3) is 0 Å². The molecule has 0 spiro atoms. The predicted octanol–water partition coefficient (Wildman–Crippen LogP) is 7.05. The highest BCUT2D eigenvalue weighted by Gasteiger charge is 2.59. The summed E-state index contributed by atoms with van der Waals surface area (Å²) < 4.78 is 0. The number of carbonyl (C=O) groups excluding carboxylic acids is 1. The molecule has 2 heteroatoms. The third-order valence-electron chi connectivity index (χ3n) is 10.2. The molecule has 1 heterocycles. The quantitative estimate of drug-likeness (QED) is 0.485. The highest BCUT2D eigenvalue weighted by atomic mass is 16.2. The minimum Gasteiger partial charge on any atom is -0.319 e. The van der Waals surface area contributed by atoms with E-state index in [-0.39, 0.29) is 5.41 Å². The highest BCUT2D eigenvalue weighted by Crippen LogP contribution is 2.67. The molecule has 0 N–H and O–H groups in total. The average Bonchev–Trinajstić information content (AvgIpc) is 3.02. The number of carbonyl (C=O) groups is 1. The van der Waals surface area contributed by atoms with Gasteiger partial charge >= 0.3 is 0 Å². The van der Waals surface area contributed by atoms with Crippen molar-refractivity contribution in [2.75, 3.05) is 7.05 Å².